The third kappa shape index (κ3) is 3.01. The molecule has 1 saturated heterocycles. The predicted octanol–water partition coefficient (Wildman–Crippen LogP) is 2.04. The van der Waals surface area contributed by atoms with Crippen molar-refractivity contribution in [2.45, 2.75) is 13.0 Å². The molecule has 2 unspecified atom stereocenters. The van der Waals surface area contributed by atoms with Gasteiger partial charge in [0.15, 0.2) is 5.82 Å². The van der Waals surface area contributed by atoms with E-state index in [1.54, 1.807) is 6.92 Å². The van der Waals surface area contributed by atoms with Crippen LogP contribution in [0.3, 0.4) is 0 Å². The van der Waals surface area contributed by atoms with Gasteiger partial charge in [0.2, 0.25) is 0 Å². The Morgan fingerprint density at radius 3 is 2.81 bits per heavy atom. The van der Waals surface area contributed by atoms with Gasteiger partial charge in [-0.2, -0.15) is 0 Å². The van der Waals surface area contributed by atoms with E-state index in [2.05, 4.69) is 0 Å². The molecule has 1 aromatic rings. The first kappa shape index (κ1) is 15.7. The fourth-order valence-electron chi connectivity index (χ4n) is 2.44. The number of carboxylic acid groups (broad SMARTS) is 1. The number of rotatable bonds is 4. The summed E-state index contributed by atoms with van der Waals surface area (Å²) in [5, 5.41) is 9.02. The summed E-state index contributed by atoms with van der Waals surface area (Å²) < 4.78 is 19.1. The lowest BCUT2D eigenvalue weighted by atomic mass is 10.0. The number of likely N-dealkylation sites (N-methyl/N-ethyl adjacent to an activating group) is 1. The molecule has 2 rings (SSSR count). The van der Waals surface area contributed by atoms with Crippen LogP contribution in [-0.4, -0.2) is 47.7 Å². The number of carbonyl (C=O) groups is 2. The quantitative estimate of drug-likeness (QED) is 0.923. The molecule has 1 aliphatic heterocycles. The van der Waals surface area contributed by atoms with Crippen molar-refractivity contribution in [1.29, 1.82) is 0 Å². The van der Waals surface area contributed by atoms with Crippen LogP contribution >= 0.6 is 11.6 Å². The van der Waals surface area contributed by atoms with E-state index < -0.39 is 29.7 Å². The van der Waals surface area contributed by atoms with Gasteiger partial charge in [-0.15, -0.1) is 0 Å². The summed E-state index contributed by atoms with van der Waals surface area (Å²) in [6.07, 6.45) is 0. The SMILES string of the molecule is CCN(C(=O)c1cccc(Cl)c1F)C1COCC1C(=O)O. The fourth-order valence-corrected chi connectivity index (χ4v) is 2.61. The molecule has 1 fully saturated rings. The molecule has 1 heterocycles. The molecule has 0 aromatic heterocycles. The molecule has 0 spiro atoms. The number of aliphatic carboxylic acids is 1. The summed E-state index contributed by atoms with van der Waals surface area (Å²) in [6, 6.07) is 3.55. The second-order valence-corrected chi connectivity index (χ2v) is 5.15. The zero-order chi connectivity index (χ0) is 15.6. The Labute approximate surface area is 126 Å². The molecule has 0 aliphatic carbocycles. The van der Waals surface area contributed by atoms with Crippen LogP contribution in [0.4, 0.5) is 4.39 Å². The van der Waals surface area contributed by atoms with Crippen LogP contribution in [0.5, 0.6) is 0 Å². The van der Waals surface area contributed by atoms with Crippen molar-refractivity contribution in [2.75, 3.05) is 19.8 Å². The third-order valence-electron chi connectivity index (χ3n) is 3.55. The molecule has 1 amide bonds. The van der Waals surface area contributed by atoms with Crippen molar-refractivity contribution in [3.05, 3.63) is 34.6 Å². The molecule has 21 heavy (non-hydrogen) atoms. The van der Waals surface area contributed by atoms with E-state index in [9.17, 15) is 14.0 Å². The number of carbonyl (C=O) groups excluding carboxylic acids is 1. The van der Waals surface area contributed by atoms with Gasteiger partial charge in [-0.1, -0.05) is 17.7 Å². The molecule has 0 saturated carbocycles. The van der Waals surface area contributed by atoms with Gasteiger partial charge in [0.25, 0.3) is 5.91 Å². The molecule has 1 aliphatic rings. The van der Waals surface area contributed by atoms with Crippen molar-refractivity contribution in [3.8, 4) is 0 Å². The minimum atomic E-state index is -1.03. The maximum Gasteiger partial charge on any atom is 0.311 e. The van der Waals surface area contributed by atoms with E-state index in [4.69, 9.17) is 21.4 Å². The van der Waals surface area contributed by atoms with Gasteiger partial charge in [-0.3, -0.25) is 9.59 Å². The predicted molar refractivity (Wildman–Crippen MR) is 73.9 cm³/mol. The number of carboxylic acids is 1. The maximum absolute atomic E-state index is 14.0. The Morgan fingerprint density at radius 2 is 2.19 bits per heavy atom. The zero-order valence-electron chi connectivity index (χ0n) is 11.4. The average Bonchev–Trinajstić information content (AvgIpc) is 2.92. The van der Waals surface area contributed by atoms with Crippen molar-refractivity contribution in [3.63, 3.8) is 0 Å². The molecule has 114 valence electrons. The smallest absolute Gasteiger partial charge is 0.311 e. The molecule has 7 heteroatoms. The number of ether oxygens (including phenoxy) is 1. The first-order valence-corrected chi connectivity index (χ1v) is 6.90. The van der Waals surface area contributed by atoms with Crippen molar-refractivity contribution >= 4 is 23.5 Å². The minimum Gasteiger partial charge on any atom is -0.481 e. The number of nitrogens with zero attached hydrogens (tertiary/aromatic N) is 1. The Bertz CT molecular complexity index is 566. The van der Waals surface area contributed by atoms with Gasteiger partial charge in [0.05, 0.1) is 29.8 Å². The highest BCUT2D eigenvalue weighted by molar-refractivity contribution is 6.31. The molecule has 0 radical (unpaired) electrons. The van der Waals surface area contributed by atoms with Crippen molar-refractivity contribution in [1.82, 2.24) is 4.90 Å². The van der Waals surface area contributed by atoms with Gasteiger partial charge < -0.3 is 14.7 Å². The van der Waals surface area contributed by atoms with Gasteiger partial charge in [0, 0.05) is 6.54 Å². The lowest BCUT2D eigenvalue weighted by molar-refractivity contribution is -0.142. The number of amides is 1. The second kappa shape index (κ2) is 6.41. The van der Waals surface area contributed by atoms with E-state index in [-0.39, 0.29) is 30.3 Å². The number of hydrogen-bond donors (Lipinski definition) is 1. The normalized spacial score (nSPS) is 21.3. The molecular formula is C14H15ClFNO4. The van der Waals surface area contributed by atoms with Crippen LogP contribution in [0.1, 0.15) is 17.3 Å². The first-order chi connectivity index (χ1) is 9.97. The highest BCUT2D eigenvalue weighted by atomic mass is 35.5. The Balaban J connectivity index is 2.30. The molecule has 2 atom stereocenters. The van der Waals surface area contributed by atoms with Gasteiger partial charge in [-0.05, 0) is 19.1 Å². The van der Waals surface area contributed by atoms with E-state index in [0.29, 0.717) is 0 Å². The lowest BCUT2D eigenvalue weighted by Crippen LogP contribution is -2.46. The Kier molecular flexibility index (Phi) is 4.80. The number of hydrogen-bond acceptors (Lipinski definition) is 3. The van der Waals surface area contributed by atoms with Crippen LogP contribution < -0.4 is 0 Å². The molecule has 0 bridgehead atoms. The van der Waals surface area contributed by atoms with Gasteiger partial charge in [0.1, 0.15) is 5.92 Å². The van der Waals surface area contributed by atoms with Crippen LogP contribution in [-0.2, 0) is 9.53 Å². The summed E-state index contributed by atoms with van der Waals surface area (Å²) in [7, 11) is 0. The largest absolute Gasteiger partial charge is 0.481 e. The van der Waals surface area contributed by atoms with Crippen LogP contribution in [0.15, 0.2) is 18.2 Å². The van der Waals surface area contributed by atoms with Crippen LogP contribution in [0.2, 0.25) is 5.02 Å². The first-order valence-electron chi connectivity index (χ1n) is 6.52. The van der Waals surface area contributed by atoms with Crippen molar-refractivity contribution < 1.29 is 23.8 Å². The fraction of sp³-hybridized carbons (Fsp3) is 0.429. The van der Waals surface area contributed by atoms with E-state index in [1.807, 2.05) is 0 Å². The summed E-state index contributed by atoms with van der Waals surface area (Å²) >= 11 is 5.68. The summed E-state index contributed by atoms with van der Waals surface area (Å²) in [5.41, 5.74) is -0.166. The second-order valence-electron chi connectivity index (χ2n) is 4.74. The highest BCUT2D eigenvalue weighted by Crippen LogP contribution is 2.24. The molecule has 1 aromatic carbocycles. The summed E-state index contributed by atoms with van der Waals surface area (Å²) in [6.45, 7) is 2.13. The van der Waals surface area contributed by atoms with Crippen LogP contribution in [0, 0.1) is 11.7 Å². The maximum atomic E-state index is 14.0. The van der Waals surface area contributed by atoms with Crippen LogP contribution in [0.25, 0.3) is 0 Å². The lowest BCUT2D eigenvalue weighted by Gasteiger charge is -2.29. The van der Waals surface area contributed by atoms with Crippen molar-refractivity contribution in [2.24, 2.45) is 5.92 Å². The zero-order valence-corrected chi connectivity index (χ0v) is 12.1. The highest BCUT2D eigenvalue weighted by Gasteiger charge is 2.40. The standard InChI is InChI=1S/C14H15ClFNO4/c1-2-17(11-7-21-6-9(11)14(19)20)13(18)8-4-3-5-10(15)12(8)16/h3-5,9,11H,2,6-7H2,1H3,(H,19,20). The Hall–Kier alpha value is -1.66. The van der Waals surface area contributed by atoms with Gasteiger partial charge in [-0.25, -0.2) is 4.39 Å². The summed E-state index contributed by atoms with van der Waals surface area (Å²) in [5.74, 6) is -3.22. The topological polar surface area (TPSA) is 66.8 Å². The number of halogens is 2. The minimum absolute atomic E-state index is 0.0435. The average molecular weight is 316 g/mol. The van der Waals surface area contributed by atoms with Gasteiger partial charge >= 0.3 is 5.97 Å². The molecule has 1 N–H and O–H groups in total. The number of benzene rings is 1. The third-order valence-corrected chi connectivity index (χ3v) is 3.84. The molecule has 5 nitrogen and oxygen atoms in total. The molecular weight excluding hydrogens is 301 g/mol. The summed E-state index contributed by atoms with van der Waals surface area (Å²) in [4.78, 5) is 25.0. The van der Waals surface area contributed by atoms with E-state index in [0.717, 1.165) is 0 Å². The van der Waals surface area contributed by atoms with E-state index >= 15 is 0 Å². The Morgan fingerprint density at radius 1 is 1.48 bits per heavy atom. The van der Waals surface area contributed by atoms with E-state index in [1.165, 1.54) is 23.1 Å². The monoisotopic (exact) mass is 315 g/mol.